The molecule has 3 aliphatic rings. The Morgan fingerprint density at radius 1 is 1.56 bits per heavy atom. The Morgan fingerprint density at radius 2 is 2.33 bits per heavy atom. The fourth-order valence-corrected chi connectivity index (χ4v) is 1.96. The fraction of sp³-hybridized carbons (Fsp3) is 1.00. The molecule has 2 aliphatic carbocycles. The highest BCUT2D eigenvalue weighted by molar-refractivity contribution is 5.28. The lowest BCUT2D eigenvalue weighted by atomic mass is 10.2. The summed E-state index contributed by atoms with van der Waals surface area (Å²) in [6.07, 6.45) is 0.420. The molecule has 3 heteroatoms. The molecule has 0 aromatic heterocycles. The van der Waals surface area contributed by atoms with Gasteiger partial charge in [-0.15, -0.1) is 0 Å². The summed E-state index contributed by atoms with van der Waals surface area (Å²) in [5, 5.41) is 18.5. The molecular weight excluding hydrogens is 120 g/mol. The van der Waals surface area contributed by atoms with Gasteiger partial charge in [0.15, 0.2) is 0 Å². The van der Waals surface area contributed by atoms with Gasteiger partial charge >= 0.3 is 0 Å². The quantitative estimate of drug-likeness (QED) is 0.434. The zero-order valence-corrected chi connectivity index (χ0v) is 4.82. The van der Waals surface area contributed by atoms with Crippen molar-refractivity contribution in [3.05, 3.63) is 0 Å². The zero-order valence-electron chi connectivity index (χ0n) is 4.82. The standard InChI is InChI=1S/C6H8O3/c7-4-3-5(4)9-2-1-6(2,3)8/h2-5,7-8H,1H2. The first kappa shape index (κ1) is 4.66. The highest BCUT2D eigenvalue weighted by atomic mass is 16.6. The Morgan fingerprint density at radius 3 is 2.78 bits per heavy atom. The van der Waals surface area contributed by atoms with Gasteiger partial charge in [0.25, 0.3) is 0 Å². The molecular formula is C6H8O3. The second-order valence-electron chi connectivity index (χ2n) is 3.30. The van der Waals surface area contributed by atoms with Crippen LogP contribution in [-0.4, -0.2) is 34.1 Å². The van der Waals surface area contributed by atoms with Gasteiger partial charge in [0, 0.05) is 12.3 Å². The van der Waals surface area contributed by atoms with E-state index >= 15 is 0 Å². The fourth-order valence-electron chi connectivity index (χ4n) is 1.96. The Balaban J connectivity index is 1.97. The lowest BCUT2D eigenvalue weighted by Crippen LogP contribution is -2.16. The number of aliphatic hydroxyl groups is 2. The summed E-state index contributed by atoms with van der Waals surface area (Å²) in [5.74, 6) is 0.0579. The largest absolute Gasteiger partial charge is 0.390 e. The van der Waals surface area contributed by atoms with Crippen LogP contribution in [0.2, 0.25) is 0 Å². The summed E-state index contributed by atoms with van der Waals surface area (Å²) in [4.78, 5) is 0. The Hall–Kier alpha value is -0.120. The van der Waals surface area contributed by atoms with Crippen LogP contribution in [0.4, 0.5) is 0 Å². The number of fused-ring (bicyclic) bond motifs is 3. The minimum atomic E-state index is -0.607. The van der Waals surface area contributed by atoms with Crippen molar-refractivity contribution >= 4 is 0 Å². The highest BCUT2D eigenvalue weighted by Crippen LogP contribution is 2.64. The van der Waals surface area contributed by atoms with Crippen molar-refractivity contribution in [1.29, 1.82) is 0 Å². The van der Waals surface area contributed by atoms with E-state index in [4.69, 9.17) is 9.84 Å². The second-order valence-corrected chi connectivity index (χ2v) is 3.30. The third kappa shape index (κ3) is 0.327. The molecule has 1 heterocycles. The van der Waals surface area contributed by atoms with Crippen LogP contribution in [0, 0.1) is 5.92 Å². The van der Waals surface area contributed by atoms with Gasteiger partial charge in [0.05, 0.1) is 18.3 Å². The van der Waals surface area contributed by atoms with E-state index in [1.165, 1.54) is 0 Å². The molecule has 9 heavy (non-hydrogen) atoms. The molecule has 0 amide bonds. The van der Waals surface area contributed by atoms with E-state index in [9.17, 15) is 5.11 Å². The number of ether oxygens (including phenoxy) is 1. The summed E-state index contributed by atoms with van der Waals surface area (Å²) < 4.78 is 5.22. The van der Waals surface area contributed by atoms with Crippen LogP contribution in [0.5, 0.6) is 0 Å². The molecule has 50 valence electrons. The number of hydrogen-bond donors (Lipinski definition) is 2. The predicted octanol–water partition coefficient (Wildman–Crippen LogP) is -1.12. The average molecular weight is 128 g/mol. The van der Waals surface area contributed by atoms with Crippen molar-refractivity contribution in [2.75, 3.05) is 0 Å². The normalized spacial score (nSPS) is 75.3. The molecule has 3 rings (SSSR count). The molecule has 3 nitrogen and oxygen atoms in total. The van der Waals surface area contributed by atoms with Crippen LogP contribution in [0.15, 0.2) is 0 Å². The van der Waals surface area contributed by atoms with Crippen LogP contribution in [0.25, 0.3) is 0 Å². The number of rotatable bonds is 0. The van der Waals surface area contributed by atoms with Crippen LogP contribution < -0.4 is 0 Å². The molecule has 0 radical (unpaired) electrons. The van der Waals surface area contributed by atoms with E-state index in [0.29, 0.717) is 0 Å². The first-order valence-electron chi connectivity index (χ1n) is 3.29. The number of aliphatic hydroxyl groups excluding tert-OH is 1. The van der Waals surface area contributed by atoms with E-state index in [0.717, 1.165) is 6.42 Å². The van der Waals surface area contributed by atoms with Crippen molar-refractivity contribution in [3.63, 3.8) is 0 Å². The van der Waals surface area contributed by atoms with Gasteiger partial charge in [-0.1, -0.05) is 0 Å². The lowest BCUT2D eigenvalue weighted by molar-refractivity contribution is 0.0330. The van der Waals surface area contributed by atoms with Gasteiger partial charge in [-0.2, -0.15) is 0 Å². The summed E-state index contributed by atoms with van der Waals surface area (Å²) in [5.41, 5.74) is -0.607. The van der Waals surface area contributed by atoms with E-state index in [1.807, 2.05) is 0 Å². The predicted molar refractivity (Wildman–Crippen MR) is 27.7 cm³/mol. The molecule has 0 spiro atoms. The highest BCUT2D eigenvalue weighted by Gasteiger charge is 2.79. The molecule has 2 saturated carbocycles. The Labute approximate surface area is 52.2 Å². The van der Waals surface area contributed by atoms with E-state index in [2.05, 4.69) is 0 Å². The second kappa shape index (κ2) is 0.944. The third-order valence-electron chi connectivity index (χ3n) is 2.73. The van der Waals surface area contributed by atoms with Crippen molar-refractivity contribution in [1.82, 2.24) is 0 Å². The third-order valence-corrected chi connectivity index (χ3v) is 2.73. The van der Waals surface area contributed by atoms with Crippen LogP contribution in [-0.2, 0) is 4.74 Å². The minimum absolute atomic E-state index is 0.0197. The first-order chi connectivity index (χ1) is 4.23. The number of hydrogen-bond acceptors (Lipinski definition) is 3. The van der Waals surface area contributed by atoms with E-state index in [1.54, 1.807) is 0 Å². The SMILES string of the molecule is OC1C2OC3CC3(O)C12. The minimum Gasteiger partial charge on any atom is -0.390 e. The molecule has 3 fully saturated rings. The smallest absolute Gasteiger partial charge is 0.101 e. The van der Waals surface area contributed by atoms with Crippen LogP contribution in [0.1, 0.15) is 6.42 Å². The molecule has 0 bridgehead atoms. The van der Waals surface area contributed by atoms with Gasteiger partial charge in [0.2, 0.25) is 0 Å². The maximum atomic E-state index is 9.46. The molecule has 1 aliphatic heterocycles. The average Bonchev–Trinajstić information content (AvgIpc) is 2.56. The van der Waals surface area contributed by atoms with Crippen molar-refractivity contribution in [2.45, 2.75) is 30.3 Å². The van der Waals surface area contributed by atoms with Crippen molar-refractivity contribution < 1.29 is 14.9 Å². The van der Waals surface area contributed by atoms with E-state index in [-0.39, 0.29) is 24.2 Å². The molecule has 5 atom stereocenters. The van der Waals surface area contributed by atoms with Gasteiger partial charge in [-0.05, 0) is 0 Å². The van der Waals surface area contributed by atoms with Gasteiger partial charge < -0.3 is 14.9 Å². The molecule has 1 saturated heterocycles. The molecule has 0 aromatic carbocycles. The zero-order chi connectivity index (χ0) is 6.22. The Bertz CT molecular complexity index is 181. The summed E-state index contributed by atoms with van der Waals surface area (Å²) in [7, 11) is 0. The summed E-state index contributed by atoms with van der Waals surface area (Å²) >= 11 is 0. The van der Waals surface area contributed by atoms with Crippen molar-refractivity contribution in [2.24, 2.45) is 5.92 Å². The molecule has 0 aromatic rings. The summed E-state index contributed by atoms with van der Waals surface area (Å²) in [6, 6.07) is 0. The van der Waals surface area contributed by atoms with Gasteiger partial charge in [-0.3, -0.25) is 0 Å². The van der Waals surface area contributed by atoms with Crippen LogP contribution >= 0.6 is 0 Å². The first-order valence-corrected chi connectivity index (χ1v) is 3.29. The molecule has 2 N–H and O–H groups in total. The van der Waals surface area contributed by atoms with Crippen molar-refractivity contribution in [3.8, 4) is 0 Å². The van der Waals surface area contributed by atoms with Gasteiger partial charge in [0.1, 0.15) is 5.60 Å². The van der Waals surface area contributed by atoms with E-state index < -0.39 is 5.60 Å². The molecule has 5 unspecified atom stereocenters. The van der Waals surface area contributed by atoms with Crippen LogP contribution in [0.3, 0.4) is 0 Å². The maximum Gasteiger partial charge on any atom is 0.101 e. The Kier molecular flexibility index (Phi) is 0.488. The maximum absolute atomic E-state index is 9.46. The monoisotopic (exact) mass is 128 g/mol. The topological polar surface area (TPSA) is 49.7 Å². The van der Waals surface area contributed by atoms with Gasteiger partial charge in [-0.25, -0.2) is 0 Å². The summed E-state index contributed by atoms with van der Waals surface area (Å²) in [6.45, 7) is 0. The lowest BCUT2D eigenvalue weighted by Gasteiger charge is -2.01.